The standard InChI is InChI=1S/C16H12F4N2O2/c17-12-6-4-11(5-7-12)14(23)21-9-10-2-1-3-13(8-10)22-15(24)16(18,19)20/h1-8H,9H2,(H,21,23)(H,22,24). The summed E-state index contributed by atoms with van der Waals surface area (Å²) in [5.74, 6) is -3.01. The summed E-state index contributed by atoms with van der Waals surface area (Å²) in [4.78, 5) is 22.8. The van der Waals surface area contributed by atoms with Crippen molar-refractivity contribution in [3.63, 3.8) is 0 Å². The van der Waals surface area contributed by atoms with Crippen molar-refractivity contribution in [3.05, 3.63) is 65.5 Å². The Morgan fingerprint density at radius 2 is 1.67 bits per heavy atom. The Labute approximate surface area is 134 Å². The summed E-state index contributed by atoms with van der Waals surface area (Å²) >= 11 is 0. The Morgan fingerprint density at radius 1 is 1.00 bits per heavy atom. The van der Waals surface area contributed by atoms with Gasteiger partial charge in [-0.3, -0.25) is 9.59 Å². The van der Waals surface area contributed by atoms with Gasteiger partial charge in [-0.1, -0.05) is 12.1 Å². The third-order valence-electron chi connectivity index (χ3n) is 3.00. The average Bonchev–Trinajstić information content (AvgIpc) is 2.53. The number of carbonyl (C=O) groups excluding carboxylic acids is 2. The fourth-order valence-electron chi connectivity index (χ4n) is 1.85. The molecule has 126 valence electrons. The van der Waals surface area contributed by atoms with Gasteiger partial charge in [0.2, 0.25) is 0 Å². The minimum atomic E-state index is -4.98. The Hall–Kier alpha value is -2.90. The van der Waals surface area contributed by atoms with E-state index in [4.69, 9.17) is 0 Å². The van der Waals surface area contributed by atoms with E-state index in [0.29, 0.717) is 5.56 Å². The first-order valence-corrected chi connectivity index (χ1v) is 6.76. The number of rotatable bonds is 4. The maximum Gasteiger partial charge on any atom is 0.471 e. The number of amides is 2. The molecule has 0 aliphatic rings. The van der Waals surface area contributed by atoms with Gasteiger partial charge < -0.3 is 10.6 Å². The summed E-state index contributed by atoms with van der Waals surface area (Å²) in [6.07, 6.45) is -4.98. The van der Waals surface area contributed by atoms with Crippen LogP contribution in [0, 0.1) is 5.82 Å². The second-order valence-corrected chi connectivity index (χ2v) is 4.84. The lowest BCUT2D eigenvalue weighted by Crippen LogP contribution is -2.30. The van der Waals surface area contributed by atoms with E-state index in [1.807, 2.05) is 0 Å². The van der Waals surface area contributed by atoms with Crippen molar-refractivity contribution in [2.45, 2.75) is 12.7 Å². The van der Waals surface area contributed by atoms with Gasteiger partial charge in [0, 0.05) is 17.8 Å². The van der Waals surface area contributed by atoms with E-state index >= 15 is 0 Å². The predicted octanol–water partition coefficient (Wildman–Crippen LogP) is 3.26. The Balaban J connectivity index is 1.98. The van der Waals surface area contributed by atoms with E-state index in [1.54, 1.807) is 11.4 Å². The van der Waals surface area contributed by atoms with Gasteiger partial charge in [0.05, 0.1) is 0 Å². The molecule has 0 radical (unpaired) electrons. The molecule has 0 heterocycles. The molecule has 2 N–H and O–H groups in total. The van der Waals surface area contributed by atoms with Gasteiger partial charge >= 0.3 is 12.1 Å². The Kier molecular flexibility index (Phi) is 5.18. The van der Waals surface area contributed by atoms with Crippen LogP contribution in [-0.2, 0) is 11.3 Å². The molecule has 4 nitrogen and oxygen atoms in total. The first-order chi connectivity index (χ1) is 11.3. The molecule has 2 amide bonds. The zero-order valence-corrected chi connectivity index (χ0v) is 12.2. The molecule has 0 aromatic heterocycles. The van der Waals surface area contributed by atoms with Crippen LogP contribution in [0.5, 0.6) is 0 Å². The molecule has 2 aromatic rings. The van der Waals surface area contributed by atoms with E-state index in [0.717, 1.165) is 12.1 Å². The lowest BCUT2D eigenvalue weighted by atomic mass is 10.1. The van der Waals surface area contributed by atoms with Crippen molar-refractivity contribution in [2.24, 2.45) is 0 Å². The number of halogens is 4. The molecule has 0 aliphatic heterocycles. The molecule has 8 heteroatoms. The lowest BCUT2D eigenvalue weighted by Gasteiger charge is -2.10. The van der Waals surface area contributed by atoms with Crippen molar-refractivity contribution in [1.29, 1.82) is 0 Å². The molecule has 0 bridgehead atoms. The number of alkyl halides is 3. The fraction of sp³-hybridized carbons (Fsp3) is 0.125. The molecule has 2 rings (SSSR count). The summed E-state index contributed by atoms with van der Waals surface area (Å²) in [5.41, 5.74) is 0.703. The van der Waals surface area contributed by atoms with Gasteiger partial charge in [0.25, 0.3) is 5.91 Å². The van der Waals surface area contributed by atoms with Gasteiger partial charge in [-0.05, 0) is 42.0 Å². The van der Waals surface area contributed by atoms with Crippen LogP contribution < -0.4 is 10.6 Å². The van der Waals surface area contributed by atoms with Crippen LogP contribution in [0.3, 0.4) is 0 Å². The zero-order valence-electron chi connectivity index (χ0n) is 12.2. The maximum absolute atomic E-state index is 12.8. The predicted molar refractivity (Wildman–Crippen MR) is 78.7 cm³/mol. The second-order valence-electron chi connectivity index (χ2n) is 4.84. The normalized spacial score (nSPS) is 11.0. The van der Waals surface area contributed by atoms with E-state index < -0.39 is 23.8 Å². The molecule has 2 aromatic carbocycles. The number of hydrogen-bond donors (Lipinski definition) is 2. The SMILES string of the molecule is O=C(NCc1cccc(NC(=O)C(F)(F)F)c1)c1ccc(F)cc1. The van der Waals surface area contributed by atoms with Crippen molar-refractivity contribution < 1.29 is 27.2 Å². The van der Waals surface area contributed by atoms with Gasteiger partial charge in [-0.2, -0.15) is 13.2 Å². The van der Waals surface area contributed by atoms with Crippen LogP contribution in [0.25, 0.3) is 0 Å². The molecule has 0 aliphatic carbocycles. The first kappa shape index (κ1) is 17.5. The fourth-order valence-corrected chi connectivity index (χ4v) is 1.85. The van der Waals surface area contributed by atoms with Gasteiger partial charge in [0.1, 0.15) is 5.82 Å². The number of anilines is 1. The molecular weight excluding hydrogens is 328 g/mol. The summed E-state index contributed by atoms with van der Waals surface area (Å²) in [6, 6.07) is 10.5. The minimum Gasteiger partial charge on any atom is -0.348 e. The zero-order chi connectivity index (χ0) is 17.7. The van der Waals surface area contributed by atoms with Gasteiger partial charge in [-0.25, -0.2) is 4.39 Å². The molecule has 0 unspecified atom stereocenters. The molecule has 0 saturated heterocycles. The van der Waals surface area contributed by atoms with Crippen LogP contribution in [-0.4, -0.2) is 18.0 Å². The van der Waals surface area contributed by atoms with Crippen LogP contribution >= 0.6 is 0 Å². The number of benzene rings is 2. The minimum absolute atomic E-state index is 0.0337. The monoisotopic (exact) mass is 340 g/mol. The largest absolute Gasteiger partial charge is 0.471 e. The van der Waals surface area contributed by atoms with Crippen LogP contribution in [0.4, 0.5) is 23.2 Å². The van der Waals surface area contributed by atoms with E-state index in [9.17, 15) is 27.2 Å². The van der Waals surface area contributed by atoms with E-state index in [2.05, 4.69) is 5.32 Å². The summed E-state index contributed by atoms with van der Waals surface area (Å²) in [6.45, 7) is 0.0337. The third-order valence-corrected chi connectivity index (χ3v) is 3.00. The summed E-state index contributed by atoms with van der Waals surface area (Å²) < 4.78 is 49.4. The number of carbonyl (C=O) groups is 2. The lowest BCUT2D eigenvalue weighted by molar-refractivity contribution is -0.167. The smallest absolute Gasteiger partial charge is 0.348 e. The van der Waals surface area contributed by atoms with Crippen LogP contribution in [0.1, 0.15) is 15.9 Å². The molecule has 0 atom stereocenters. The van der Waals surface area contributed by atoms with Crippen LogP contribution in [0.15, 0.2) is 48.5 Å². The van der Waals surface area contributed by atoms with E-state index in [1.165, 1.54) is 30.3 Å². The maximum atomic E-state index is 12.8. The summed E-state index contributed by atoms with van der Waals surface area (Å²) in [5, 5.41) is 4.28. The highest BCUT2D eigenvalue weighted by Crippen LogP contribution is 2.19. The molecule has 24 heavy (non-hydrogen) atoms. The van der Waals surface area contributed by atoms with E-state index in [-0.39, 0.29) is 17.8 Å². The van der Waals surface area contributed by atoms with Crippen molar-refractivity contribution in [2.75, 3.05) is 5.32 Å². The van der Waals surface area contributed by atoms with Gasteiger partial charge in [0.15, 0.2) is 0 Å². The molecular formula is C16H12F4N2O2. The van der Waals surface area contributed by atoms with Crippen LogP contribution in [0.2, 0.25) is 0 Å². The Morgan fingerprint density at radius 3 is 2.29 bits per heavy atom. The highest BCUT2D eigenvalue weighted by Gasteiger charge is 2.38. The first-order valence-electron chi connectivity index (χ1n) is 6.76. The molecule has 0 fully saturated rings. The van der Waals surface area contributed by atoms with Crippen molar-refractivity contribution in [1.82, 2.24) is 5.32 Å². The topological polar surface area (TPSA) is 58.2 Å². The highest BCUT2D eigenvalue weighted by molar-refractivity contribution is 5.95. The molecule has 0 spiro atoms. The third kappa shape index (κ3) is 4.80. The van der Waals surface area contributed by atoms with Crippen molar-refractivity contribution >= 4 is 17.5 Å². The second kappa shape index (κ2) is 7.12. The van der Waals surface area contributed by atoms with Gasteiger partial charge in [-0.15, -0.1) is 0 Å². The summed E-state index contributed by atoms with van der Waals surface area (Å²) in [7, 11) is 0. The average molecular weight is 340 g/mol. The highest BCUT2D eigenvalue weighted by atomic mass is 19.4. The van der Waals surface area contributed by atoms with Crippen molar-refractivity contribution in [3.8, 4) is 0 Å². The molecule has 0 saturated carbocycles. The number of nitrogens with one attached hydrogen (secondary N) is 2. The number of hydrogen-bond acceptors (Lipinski definition) is 2. The quantitative estimate of drug-likeness (QED) is 0.840. The Bertz CT molecular complexity index is 742.